The number of anilines is 1. The molecule has 2 aromatic heterocycles. The van der Waals surface area contributed by atoms with Gasteiger partial charge in [0.05, 0.1) is 18.7 Å². The van der Waals surface area contributed by atoms with Crippen molar-refractivity contribution in [3.63, 3.8) is 0 Å². The van der Waals surface area contributed by atoms with Crippen molar-refractivity contribution in [2.45, 2.75) is 31.8 Å². The van der Waals surface area contributed by atoms with E-state index in [1.54, 1.807) is 35.1 Å². The van der Waals surface area contributed by atoms with Crippen LogP contribution in [0.3, 0.4) is 0 Å². The smallest absolute Gasteiger partial charge is 0.333 e. The highest BCUT2D eigenvalue weighted by Crippen LogP contribution is 2.29. The van der Waals surface area contributed by atoms with Crippen molar-refractivity contribution < 1.29 is 21.8 Å². The number of nitrogens with zero attached hydrogens (tertiary/aromatic N) is 4. The molecule has 4 aromatic rings. The Bertz CT molecular complexity index is 1560. The van der Waals surface area contributed by atoms with Crippen LogP contribution in [0.1, 0.15) is 40.9 Å². The van der Waals surface area contributed by atoms with E-state index in [0.29, 0.717) is 24.2 Å². The fraction of sp³-hybridized carbons (Fsp3) is 0.280. The Balaban J connectivity index is 1.29. The highest BCUT2D eigenvalue weighted by molar-refractivity contribution is 7.84. The molecule has 192 valence electrons. The summed E-state index contributed by atoms with van der Waals surface area (Å²) in [6.45, 7) is 0.391. The van der Waals surface area contributed by atoms with Gasteiger partial charge in [0.1, 0.15) is 23.7 Å². The Morgan fingerprint density at radius 3 is 2.78 bits per heavy atom. The molecule has 1 aliphatic carbocycles. The van der Waals surface area contributed by atoms with E-state index in [9.17, 15) is 17.6 Å². The second kappa shape index (κ2) is 10.3. The molecule has 1 fully saturated rings. The van der Waals surface area contributed by atoms with E-state index in [-0.39, 0.29) is 41.4 Å². The van der Waals surface area contributed by atoms with Gasteiger partial charge in [0, 0.05) is 23.8 Å². The highest BCUT2D eigenvalue weighted by atomic mass is 32.2. The fourth-order valence-electron chi connectivity index (χ4n) is 4.70. The number of carbonyl (C=O) groups excluding carboxylic acids is 1. The number of nitrogens with one attached hydrogen (secondary N) is 1. The summed E-state index contributed by atoms with van der Waals surface area (Å²) in [4.78, 5) is 21.6. The molecule has 0 saturated heterocycles. The molecule has 3 N–H and O–H groups in total. The molecule has 1 aliphatic rings. The van der Waals surface area contributed by atoms with Gasteiger partial charge in [-0.2, -0.15) is 13.5 Å². The Kier molecular flexibility index (Phi) is 6.96. The molecule has 2 aromatic carbocycles. The second-order valence-electron chi connectivity index (χ2n) is 9.06. The number of nitrogens with two attached hydrogens (primary N) is 1. The lowest BCUT2D eigenvalue weighted by molar-refractivity contribution is 0.103. The van der Waals surface area contributed by atoms with Gasteiger partial charge in [0.15, 0.2) is 0 Å². The van der Waals surface area contributed by atoms with E-state index >= 15 is 0 Å². The monoisotopic (exact) mass is 524 g/mol. The highest BCUT2D eigenvalue weighted by Gasteiger charge is 2.28. The number of rotatable bonds is 9. The summed E-state index contributed by atoms with van der Waals surface area (Å²) in [5, 5.41) is 14.0. The first-order valence-electron chi connectivity index (χ1n) is 11.7. The second-order valence-corrected chi connectivity index (χ2v) is 10.3. The van der Waals surface area contributed by atoms with Gasteiger partial charge in [-0.15, -0.1) is 0 Å². The third kappa shape index (κ3) is 5.82. The molecule has 0 amide bonds. The minimum Gasteiger partial charge on any atom is -0.367 e. The number of carbonyl (C=O) groups is 1. The van der Waals surface area contributed by atoms with Gasteiger partial charge in [-0.05, 0) is 48.3 Å². The number of fused-ring (bicyclic) bond motifs is 1. The van der Waals surface area contributed by atoms with Crippen LogP contribution in [0.25, 0.3) is 10.8 Å². The molecule has 2 heterocycles. The first-order chi connectivity index (χ1) is 17.8. The lowest BCUT2D eigenvalue weighted by Crippen LogP contribution is -2.22. The van der Waals surface area contributed by atoms with E-state index in [1.165, 1.54) is 18.6 Å². The van der Waals surface area contributed by atoms with Crippen molar-refractivity contribution in [2.24, 2.45) is 11.1 Å². The van der Waals surface area contributed by atoms with Crippen LogP contribution in [0.15, 0.2) is 61.2 Å². The molecule has 0 bridgehead atoms. The first kappa shape index (κ1) is 24.9. The van der Waals surface area contributed by atoms with Crippen LogP contribution in [-0.2, 0) is 21.0 Å². The van der Waals surface area contributed by atoms with Crippen LogP contribution in [0.2, 0.25) is 0 Å². The van der Waals surface area contributed by atoms with Crippen molar-refractivity contribution in [3.8, 4) is 0 Å². The number of hydrogen-bond acceptors (Lipinski definition) is 8. The molecule has 2 atom stereocenters. The van der Waals surface area contributed by atoms with Crippen molar-refractivity contribution in [1.29, 1.82) is 0 Å². The molecule has 5 rings (SSSR count). The molecule has 0 spiro atoms. The molecule has 1 saturated carbocycles. The first-order valence-corrected chi connectivity index (χ1v) is 13.2. The maximum Gasteiger partial charge on any atom is 0.333 e. The van der Waals surface area contributed by atoms with Crippen LogP contribution in [0, 0.1) is 11.7 Å². The Hall–Kier alpha value is -3.74. The van der Waals surface area contributed by atoms with Crippen LogP contribution >= 0.6 is 0 Å². The van der Waals surface area contributed by atoms with Gasteiger partial charge < -0.3 is 5.32 Å². The summed E-state index contributed by atoms with van der Waals surface area (Å²) in [6, 6.07) is 12.0. The summed E-state index contributed by atoms with van der Waals surface area (Å²) >= 11 is 0. The summed E-state index contributed by atoms with van der Waals surface area (Å²) < 4.78 is 42.6. The lowest BCUT2D eigenvalue weighted by atomic mass is 10.0. The van der Waals surface area contributed by atoms with Crippen LogP contribution in [0.4, 0.5) is 10.2 Å². The summed E-state index contributed by atoms with van der Waals surface area (Å²) in [7, 11) is -3.98. The van der Waals surface area contributed by atoms with E-state index in [0.717, 1.165) is 23.8 Å². The maximum atomic E-state index is 14.2. The predicted molar refractivity (Wildman–Crippen MR) is 135 cm³/mol. The zero-order chi connectivity index (χ0) is 26.0. The van der Waals surface area contributed by atoms with Crippen molar-refractivity contribution in [1.82, 2.24) is 19.7 Å². The van der Waals surface area contributed by atoms with Gasteiger partial charge in [-0.25, -0.2) is 19.5 Å². The van der Waals surface area contributed by atoms with E-state index in [1.807, 2.05) is 12.1 Å². The lowest BCUT2D eigenvalue weighted by Gasteiger charge is -2.15. The number of aromatic nitrogens is 4. The quantitative estimate of drug-likeness (QED) is 0.318. The van der Waals surface area contributed by atoms with Gasteiger partial charge in [0.25, 0.3) is 0 Å². The van der Waals surface area contributed by atoms with Crippen LogP contribution < -0.4 is 10.5 Å². The van der Waals surface area contributed by atoms with Gasteiger partial charge in [-0.3, -0.25) is 13.7 Å². The maximum absolute atomic E-state index is 14.2. The largest absolute Gasteiger partial charge is 0.367 e. The molecule has 37 heavy (non-hydrogen) atoms. The number of hydrogen-bond donors (Lipinski definition) is 2. The standard InChI is InChI=1S/C25H25FN6O4S/c26-22-8-6-17(19-3-1-2-4-20(19)22)13-32-10-9-23(31-32)24(33)21-12-28-15-29-25(21)30-18-7-5-16(11-18)14-36-37(27,34)35/h1-4,6,8-10,12,15-16,18H,5,7,11,13-14H2,(H2,27,34,35)(H,28,29,30). The number of benzene rings is 2. The van der Waals surface area contributed by atoms with Crippen LogP contribution in [0.5, 0.6) is 0 Å². The van der Waals surface area contributed by atoms with Crippen molar-refractivity contribution in [3.05, 3.63) is 83.8 Å². The third-order valence-corrected chi connectivity index (χ3v) is 6.94. The van der Waals surface area contributed by atoms with Crippen molar-refractivity contribution >= 4 is 32.7 Å². The van der Waals surface area contributed by atoms with Gasteiger partial charge in [-0.1, -0.05) is 30.3 Å². The average molecular weight is 525 g/mol. The van der Waals surface area contributed by atoms with Crippen molar-refractivity contribution in [2.75, 3.05) is 11.9 Å². The minimum absolute atomic E-state index is 0.0140. The zero-order valence-electron chi connectivity index (χ0n) is 19.7. The molecular formula is C25H25FN6O4S. The minimum atomic E-state index is -3.98. The van der Waals surface area contributed by atoms with Gasteiger partial charge in [0.2, 0.25) is 5.78 Å². The van der Waals surface area contributed by atoms with Gasteiger partial charge >= 0.3 is 10.3 Å². The third-order valence-electron chi connectivity index (χ3n) is 6.47. The summed E-state index contributed by atoms with van der Waals surface area (Å²) in [6.07, 6.45) is 6.66. The average Bonchev–Trinajstić information content (AvgIpc) is 3.54. The van der Waals surface area contributed by atoms with E-state index in [2.05, 4.69) is 20.4 Å². The van der Waals surface area contributed by atoms with E-state index < -0.39 is 10.3 Å². The molecule has 0 radical (unpaired) electrons. The summed E-state index contributed by atoms with van der Waals surface area (Å²) in [5.74, 6) is -0.213. The Morgan fingerprint density at radius 2 is 1.97 bits per heavy atom. The fourth-order valence-corrected chi connectivity index (χ4v) is 5.08. The van der Waals surface area contributed by atoms with Crippen LogP contribution in [-0.4, -0.2) is 46.6 Å². The van der Waals surface area contributed by atoms with E-state index in [4.69, 9.17) is 9.32 Å². The summed E-state index contributed by atoms with van der Waals surface area (Å²) in [5.41, 5.74) is 1.39. The zero-order valence-corrected chi connectivity index (χ0v) is 20.6. The molecule has 10 nitrogen and oxygen atoms in total. The Labute approximate surface area is 212 Å². The normalized spacial score (nSPS) is 17.8. The number of ketones is 1. The molecular weight excluding hydrogens is 499 g/mol. The SMILES string of the molecule is NS(=O)(=O)OCC1CCC(Nc2ncncc2C(=O)c2ccn(Cc3ccc(F)c4ccccc34)n2)C1. The molecule has 12 heteroatoms. The molecule has 2 unspecified atom stereocenters. The molecule has 0 aliphatic heterocycles. The Morgan fingerprint density at radius 1 is 1.16 bits per heavy atom. The topological polar surface area (TPSA) is 142 Å². The predicted octanol–water partition coefficient (Wildman–Crippen LogP) is 3.05. The number of halogens is 1.